The van der Waals surface area contributed by atoms with Crippen LogP contribution in [0.2, 0.25) is 0 Å². The summed E-state index contributed by atoms with van der Waals surface area (Å²) in [6.07, 6.45) is 1.24. The fourth-order valence-corrected chi connectivity index (χ4v) is 2.15. The Kier molecular flexibility index (Phi) is 6.33. The number of hydrogen-bond donors (Lipinski definition) is 2. The van der Waals surface area contributed by atoms with Gasteiger partial charge in [-0.05, 0) is 18.2 Å². The normalized spacial score (nSPS) is 10.5. The van der Waals surface area contributed by atoms with Gasteiger partial charge < -0.3 is 20.1 Å². The molecule has 0 spiro atoms. The number of non-ortho nitro benzene ring substituents is 1. The standard InChI is InChI=1S/C18H16N4O5/c1-26-16-6-4-3-5-14(16)20-11-12(10-19)18(23)21-15-8-7-13(22(24)25)9-17(15)27-2/h3-9,11,20H,1-2H3,(H,21,23)/b12-11-. The number of carbonyl (C=O) groups is 1. The Morgan fingerprint density at radius 2 is 1.85 bits per heavy atom. The zero-order valence-corrected chi connectivity index (χ0v) is 14.6. The van der Waals surface area contributed by atoms with Crippen LogP contribution in [0.25, 0.3) is 0 Å². The van der Waals surface area contributed by atoms with Crippen molar-refractivity contribution in [1.82, 2.24) is 0 Å². The highest BCUT2D eigenvalue weighted by molar-refractivity contribution is 6.07. The van der Waals surface area contributed by atoms with Crippen molar-refractivity contribution in [2.24, 2.45) is 0 Å². The van der Waals surface area contributed by atoms with Crippen LogP contribution in [0, 0.1) is 21.4 Å². The molecule has 0 aliphatic rings. The van der Waals surface area contributed by atoms with Crippen molar-refractivity contribution in [3.63, 3.8) is 0 Å². The molecule has 1 amide bonds. The van der Waals surface area contributed by atoms with E-state index in [0.717, 1.165) is 0 Å². The van der Waals surface area contributed by atoms with Crippen molar-refractivity contribution in [3.05, 3.63) is 64.4 Å². The maximum absolute atomic E-state index is 12.3. The van der Waals surface area contributed by atoms with E-state index < -0.39 is 10.8 Å². The highest BCUT2D eigenvalue weighted by atomic mass is 16.6. The summed E-state index contributed by atoms with van der Waals surface area (Å²) < 4.78 is 10.2. The first-order chi connectivity index (χ1) is 13.0. The summed E-state index contributed by atoms with van der Waals surface area (Å²) in [6, 6.07) is 12.5. The molecule has 9 heteroatoms. The predicted octanol–water partition coefficient (Wildman–Crippen LogP) is 3.07. The molecular formula is C18H16N4O5. The van der Waals surface area contributed by atoms with Crippen LogP contribution in [0.4, 0.5) is 17.1 Å². The topological polar surface area (TPSA) is 127 Å². The average Bonchev–Trinajstić information content (AvgIpc) is 2.68. The van der Waals surface area contributed by atoms with Gasteiger partial charge in [0.15, 0.2) is 0 Å². The number of nitrogens with zero attached hydrogens (tertiary/aromatic N) is 2. The van der Waals surface area contributed by atoms with Gasteiger partial charge in [0, 0.05) is 12.3 Å². The summed E-state index contributed by atoms with van der Waals surface area (Å²) in [5, 5.41) is 25.4. The van der Waals surface area contributed by atoms with E-state index in [9.17, 15) is 20.2 Å². The van der Waals surface area contributed by atoms with E-state index in [4.69, 9.17) is 9.47 Å². The minimum Gasteiger partial charge on any atom is -0.495 e. The summed E-state index contributed by atoms with van der Waals surface area (Å²) in [7, 11) is 2.82. The second-order valence-corrected chi connectivity index (χ2v) is 5.11. The smallest absolute Gasteiger partial charge is 0.273 e. The average molecular weight is 368 g/mol. The zero-order chi connectivity index (χ0) is 19.8. The maximum Gasteiger partial charge on any atom is 0.273 e. The van der Waals surface area contributed by atoms with E-state index in [1.54, 1.807) is 30.3 Å². The fraction of sp³-hybridized carbons (Fsp3) is 0.111. The highest BCUT2D eigenvalue weighted by Gasteiger charge is 2.16. The van der Waals surface area contributed by atoms with Gasteiger partial charge in [-0.15, -0.1) is 0 Å². The third-order valence-electron chi connectivity index (χ3n) is 3.49. The Labute approximate surface area is 155 Å². The molecule has 0 heterocycles. The molecule has 0 unspecified atom stereocenters. The first-order valence-electron chi connectivity index (χ1n) is 7.63. The number of amides is 1. The third-order valence-corrected chi connectivity index (χ3v) is 3.49. The van der Waals surface area contributed by atoms with Crippen LogP contribution in [-0.2, 0) is 4.79 Å². The molecule has 0 aliphatic heterocycles. The lowest BCUT2D eigenvalue weighted by Crippen LogP contribution is -2.15. The molecule has 0 atom stereocenters. The van der Waals surface area contributed by atoms with Crippen LogP contribution in [-0.4, -0.2) is 25.1 Å². The lowest BCUT2D eigenvalue weighted by Gasteiger charge is -2.10. The molecule has 27 heavy (non-hydrogen) atoms. The van der Waals surface area contributed by atoms with Crippen LogP contribution in [0.1, 0.15) is 0 Å². The summed E-state index contributed by atoms with van der Waals surface area (Å²) in [5.41, 5.74) is 0.389. The second-order valence-electron chi connectivity index (χ2n) is 5.11. The lowest BCUT2D eigenvalue weighted by atomic mass is 10.2. The molecule has 0 aliphatic carbocycles. The molecule has 0 bridgehead atoms. The zero-order valence-electron chi connectivity index (χ0n) is 14.6. The van der Waals surface area contributed by atoms with Crippen molar-refractivity contribution in [2.75, 3.05) is 24.9 Å². The van der Waals surface area contributed by atoms with Crippen LogP contribution < -0.4 is 20.1 Å². The number of rotatable bonds is 7. The van der Waals surface area contributed by atoms with E-state index in [0.29, 0.717) is 11.4 Å². The number of nitrogens with one attached hydrogen (secondary N) is 2. The van der Waals surface area contributed by atoms with Crippen molar-refractivity contribution < 1.29 is 19.2 Å². The van der Waals surface area contributed by atoms with Gasteiger partial charge in [0.25, 0.3) is 11.6 Å². The number of ether oxygens (including phenoxy) is 2. The summed E-state index contributed by atoms with van der Waals surface area (Å²) in [5.74, 6) is -0.0527. The molecule has 138 valence electrons. The van der Waals surface area contributed by atoms with Crippen LogP contribution in [0.3, 0.4) is 0 Å². The van der Waals surface area contributed by atoms with E-state index in [1.807, 2.05) is 0 Å². The number of nitro groups is 1. The van der Waals surface area contributed by atoms with Gasteiger partial charge in [0.05, 0.1) is 36.6 Å². The molecule has 0 saturated carbocycles. The van der Waals surface area contributed by atoms with Crippen molar-refractivity contribution in [3.8, 4) is 17.6 Å². The molecule has 0 fully saturated rings. The van der Waals surface area contributed by atoms with Crippen molar-refractivity contribution >= 4 is 23.0 Å². The van der Waals surface area contributed by atoms with E-state index in [1.165, 1.54) is 38.6 Å². The number of methoxy groups -OCH3 is 2. The first-order valence-corrected chi connectivity index (χ1v) is 7.63. The van der Waals surface area contributed by atoms with Gasteiger partial charge in [0.2, 0.25) is 0 Å². The Bertz CT molecular complexity index is 934. The molecular weight excluding hydrogens is 352 g/mol. The summed E-state index contributed by atoms with van der Waals surface area (Å²) in [6.45, 7) is 0. The van der Waals surface area contributed by atoms with E-state index >= 15 is 0 Å². The number of nitriles is 1. The Balaban J connectivity index is 2.20. The fourth-order valence-electron chi connectivity index (χ4n) is 2.15. The summed E-state index contributed by atoms with van der Waals surface area (Å²) in [4.78, 5) is 22.6. The van der Waals surface area contributed by atoms with E-state index in [2.05, 4.69) is 10.6 Å². The number of anilines is 2. The molecule has 2 N–H and O–H groups in total. The van der Waals surface area contributed by atoms with E-state index in [-0.39, 0.29) is 22.7 Å². The van der Waals surface area contributed by atoms with Crippen molar-refractivity contribution in [2.45, 2.75) is 0 Å². The van der Waals surface area contributed by atoms with Gasteiger partial charge in [-0.1, -0.05) is 12.1 Å². The number of carbonyl (C=O) groups excluding carboxylic acids is 1. The number of benzene rings is 2. The Morgan fingerprint density at radius 3 is 2.48 bits per heavy atom. The monoisotopic (exact) mass is 368 g/mol. The number of nitro benzene ring substituents is 1. The molecule has 0 radical (unpaired) electrons. The van der Waals surface area contributed by atoms with Gasteiger partial charge >= 0.3 is 0 Å². The Morgan fingerprint density at radius 1 is 1.15 bits per heavy atom. The molecule has 0 saturated heterocycles. The Hall–Kier alpha value is -4.06. The molecule has 0 aromatic heterocycles. The predicted molar refractivity (Wildman–Crippen MR) is 98.6 cm³/mol. The van der Waals surface area contributed by atoms with Crippen LogP contribution >= 0.6 is 0 Å². The maximum atomic E-state index is 12.3. The highest BCUT2D eigenvalue weighted by Crippen LogP contribution is 2.29. The van der Waals surface area contributed by atoms with Crippen LogP contribution in [0.5, 0.6) is 11.5 Å². The van der Waals surface area contributed by atoms with Crippen molar-refractivity contribution in [1.29, 1.82) is 5.26 Å². The van der Waals surface area contributed by atoms with Gasteiger partial charge in [-0.3, -0.25) is 14.9 Å². The number of hydrogen-bond acceptors (Lipinski definition) is 7. The van der Waals surface area contributed by atoms with Gasteiger partial charge in [0.1, 0.15) is 23.1 Å². The quantitative estimate of drug-likeness (QED) is 0.333. The second kappa shape index (κ2) is 8.87. The minimum absolute atomic E-state index is 0.104. The lowest BCUT2D eigenvalue weighted by molar-refractivity contribution is -0.384. The SMILES string of the molecule is COc1ccccc1N/C=C(/C#N)C(=O)Nc1ccc([N+](=O)[O-])cc1OC. The van der Waals surface area contributed by atoms with Gasteiger partial charge in [-0.2, -0.15) is 5.26 Å². The third kappa shape index (κ3) is 4.73. The number of para-hydroxylation sites is 2. The minimum atomic E-state index is -0.702. The molecule has 2 aromatic rings. The van der Waals surface area contributed by atoms with Crippen LogP contribution in [0.15, 0.2) is 54.2 Å². The first kappa shape index (κ1) is 19.3. The molecule has 2 aromatic carbocycles. The summed E-state index contributed by atoms with van der Waals surface area (Å²) >= 11 is 0. The molecule has 9 nitrogen and oxygen atoms in total. The molecule has 2 rings (SSSR count). The largest absolute Gasteiger partial charge is 0.495 e. The van der Waals surface area contributed by atoms with Gasteiger partial charge in [-0.25, -0.2) is 0 Å².